The fourth-order valence-corrected chi connectivity index (χ4v) is 4.28. The number of likely N-dealkylation sites (tertiary alicyclic amines) is 1. The number of carbonyl (C=O) groups excluding carboxylic acids is 2. The predicted octanol–water partition coefficient (Wildman–Crippen LogP) is 1.77. The lowest BCUT2D eigenvalue weighted by molar-refractivity contribution is -0.132. The minimum Gasteiger partial charge on any atom is -0.373 e. The molecule has 1 saturated heterocycles. The van der Waals surface area contributed by atoms with Gasteiger partial charge in [0.2, 0.25) is 11.8 Å². The Morgan fingerprint density at radius 2 is 2.07 bits per heavy atom. The van der Waals surface area contributed by atoms with Gasteiger partial charge in [0.15, 0.2) is 0 Å². The highest BCUT2D eigenvalue weighted by atomic mass is 16.2. The first-order chi connectivity index (χ1) is 14.5. The molecule has 2 aromatic rings. The lowest BCUT2D eigenvalue weighted by atomic mass is 9.95. The molecule has 2 aliphatic heterocycles. The van der Waals surface area contributed by atoms with Gasteiger partial charge < -0.3 is 15.1 Å². The fourth-order valence-electron chi connectivity index (χ4n) is 4.28. The Bertz CT molecular complexity index is 915. The van der Waals surface area contributed by atoms with E-state index < -0.39 is 0 Å². The van der Waals surface area contributed by atoms with E-state index in [1.165, 1.54) is 0 Å². The summed E-state index contributed by atoms with van der Waals surface area (Å²) in [6.45, 7) is 4.21. The van der Waals surface area contributed by atoms with Gasteiger partial charge in [0.1, 0.15) is 11.6 Å². The Hall–Kier alpha value is -3.03. The molecule has 1 atom stereocenters. The van der Waals surface area contributed by atoms with Crippen LogP contribution >= 0.6 is 0 Å². The molecule has 0 bridgehead atoms. The molecule has 30 heavy (non-hydrogen) atoms. The zero-order chi connectivity index (χ0) is 21.1. The molecule has 4 rings (SSSR count). The molecular weight excluding hydrogens is 380 g/mol. The van der Waals surface area contributed by atoms with Crippen LogP contribution in [-0.4, -0.2) is 63.2 Å². The van der Waals surface area contributed by atoms with Crippen LogP contribution in [0.25, 0.3) is 0 Å². The van der Waals surface area contributed by atoms with Crippen molar-refractivity contribution < 1.29 is 9.59 Å². The van der Waals surface area contributed by atoms with Gasteiger partial charge in [-0.3, -0.25) is 14.6 Å². The second-order valence-electron chi connectivity index (χ2n) is 7.97. The Balaban J connectivity index is 1.51. The van der Waals surface area contributed by atoms with Crippen LogP contribution in [0.15, 0.2) is 24.4 Å². The van der Waals surface area contributed by atoms with Gasteiger partial charge in [-0.1, -0.05) is 6.07 Å². The standard InChI is InChI=1S/C22H28N6O2/c1-15(29)27-11-8-19-18(14-27)22(23-2)26-21(25-19)16-6-5-10-28(13-16)20(30)12-17-7-3-4-9-24-17/h3-4,7,9,16H,5-6,8,10-14H2,1-2H3,(H,23,25,26)/t16-/m0/s1. The normalized spacial score (nSPS) is 18.7. The molecule has 0 saturated carbocycles. The van der Waals surface area contributed by atoms with E-state index in [-0.39, 0.29) is 17.7 Å². The molecule has 2 aromatic heterocycles. The highest BCUT2D eigenvalue weighted by Gasteiger charge is 2.29. The van der Waals surface area contributed by atoms with Crippen molar-refractivity contribution in [3.05, 3.63) is 47.2 Å². The van der Waals surface area contributed by atoms with Crippen LogP contribution in [0.3, 0.4) is 0 Å². The number of anilines is 1. The lowest BCUT2D eigenvalue weighted by Gasteiger charge is -2.33. The van der Waals surface area contributed by atoms with Crippen molar-refractivity contribution in [1.29, 1.82) is 0 Å². The summed E-state index contributed by atoms with van der Waals surface area (Å²) in [5, 5.41) is 3.18. The maximum atomic E-state index is 12.8. The first-order valence-electron chi connectivity index (χ1n) is 10.6. The van der Waals surface area contributed by atoms with Crippen LogP contribution in [-0.2, 0) is 29.0 Å². The maximum Gasteiger partial charge on any atom is 0.228 e. The summed E-state index contributed by atoms with van der Waals surface area (Å²) in [5.41, 5.74) is 2.81. The molecule has 0 radical (unpaired) electrons. The van der Waals surface area contributed by atoms with E-state index in [0.29, 0.717) is 26.1 Å². The number of piperidine rings is 1. The number of nitrogens with one attached hydrogen (secondary N) is 1. The monoisotopic (exact) mass is 408 g/mol. The number of nitrogens with zero attached hydrogens (tertiary/aromatic N) is 5. The summed E-state index contributed by atoms with van der Waals surface area (Å²) in [6, 6.07) is 5.64. The minimum atomic E-state index is 0.0705. The zero-order valence-electron chi connectivity index (χ0n) is 17.6. The second-order valence-corrected chi connectivity index (χ2v) is 7.97. The molecule has 0 unspecified atom stereocenters. The van der Waals surface area contributed by atoms with Gasteiger partial charge in [-0.2, -0.15) is 0 Å². The van der Waals surface area contributed by atoms with E-state index in [4.69, 9.17) is 9.97 Å². The smallest absolute Gasteiger partial charge is 0.228 e. The first-order valence-corrected chi connectivity index (χ1v) is 10.6. The average Bonchev–Trinajstić information content (AvgIpc) is 2.78. The van der Waals surface area contributed by atoms with E-state index in [9.17, 15) is 9.59 Å². The third-order valence-corrected chi connectivity index (χ3v) is 5.96. The third kappa shape index (κ3) is 4.27. The van der Waals surface area contributed by atoms with Crippen LogP contribution in [0.1, 0.15) is 48.5 Å². The lowest BCUT2D eigenvalue weighted by Crippen LogP contribution is -2.41. The maximum absolute atomic E-state index is 12.8. The van der Waals surface area contributed by atoms with Crippen molar-refractivity contribution in [1.82, 2.24) is 24.8 Å². The molecule has 158 valence electrons. The van der Waals surface area contributed by atoms with Gasteiger partial charge in [0, 0.05) is 63.4 Å². The molecular formula is C22H28N6O2. The van der Waals surface area contributed by atoms with Crippen molar-refractivity contribution in [2.75, 3.05) is 32.0 Å². The number of pyridine rings is 1. The fraction of sp³-hybridized carbons (Fsp3) is 0.500. The number of fused-ring (bicyclic) bond motifs is 1. The van der Waals surface area contributed by atoms with E-state index in [0.717, 1.165) is 54.4 Å². The Labute approximate surface area is 176 Å². The summed E-state index contributed by atoms with van der Waals surface area (Å²) in [6.07, 6.45) is 4.67. The highest BCUT2D eigenvalue weighted by Crippen LogP contribution is 2.30. The number of amides is 2. The van der Waals surface area contributed by atoms with Gasteiger partial charge in [-0.25, -0.2) is 9.97 Å². The van der Waals surface area contributed by atoms with Gasteiger partial charge >= 0.3 is 0 Å². The van der Waals surface area contributed by atoms with Gasteiger partial charge in [-0.05, 0) is 25.0 Å². The number of hydrogen-bond acceptors (Lipinski definition) is 6. The van der Waals surface area contributed by atoms with E-state index >= 15 is 0 Å². The van der Waals surface area contributed by atoms with Crippen molar-refractivity contribution >= 4 is 17.6 Å². The molecule has 1 fully saturated rings. The van der Waals surface area contributed by atoms with Crippen LogP contribution in [0, 0.1) is 0 Å². The molecule has 0 aromatic carbocycles. The predicted molar refractivity (Wildman–Crippen MR) is 113 cm³/mol. The van der Waals surface area contributed by atoms with Crippen molar-refractivity contribution in [3.8, 4) is 0 Å². The average molecular weight is 409 g/mol. The summed E-state index contributed by atoms with van der Waals surface area (Å²) >= 11 is 0. The molecule has 4 heterocycles. The number of rotatable bonds is 4. The van der Waals surface area contributed by atoms with E-state index in [1.807, 2.05) is 35.0 Å². The molecule has 2 amide bonds. The van der Waals surface area contributed by atoms with E-state index in [2.05, 4.69) is 10.3 Å². The minimum absolute atomic E-state index is 0.0705. The SMILES string of the molecule is CNc1nc([C@H]2CCCN(C(=O)Cc3ccccn3)C2)nc2c1CN(C(C)=O)CC2. The molecule has 8 heteroatoms. The van der Waals surface area contributed by atoms with Crippen LogP contribution in [0.2, 0.25) is 0 Å². The third-order valence-electron chi connectivity index (χ3n) is 5.96. The van der Waals surface area contributed by atoms with Crippen molar-refractivity contribution in [2.45, 2.75) is 45.1 Å². The Morgan fingerprint density at radius 3 is 2.80 bits per heavy atom. The Morgan fingerprint density at radius 1 is 1.20 bits per heavy atom. The van der Waals surface area contributed by atoms with E-state index in [1.54, 1.807) is 13.1 Å². The van der Waals surface area contributed by atoms with Crippen molar-refractivity contribution in [2.24, 2.45) is 0 Å². The Kier molecular flexibility index (Phi) is 5.92. The molecule has 0 spiro atoms. The van der Waals surface area contributed by atoms with Gasteiger partial charge in [0.25, 0.3) is 0 Å². The first kappa shape index (κ1) is 20.3. The number of carbonyl (C=O) groups is 2. The number of aromatic nitrogens is 3. The summed E-state index contributed by atoms with van der Waals surface area (Å²) in [7, 11) is 1.85. The van der Waals surface area contributed by atoms with Crippen LogP contribution < -0.4 is 5.32 Å². The second kappa shape index (κ2) is 8.77. The van der Waals surface area contributed by atoms with Gasteiger partial charge in [0.05, 0.1) is 18.7 Å². The highest BCUT2D eigenvalue weighted by molar-refractivity contribution is 5.78. The summed E-state index contributed by atoms with van der Waals surface area (Å²) in [4.78, 5) is 42.3. The molecule has 1 N–H and O–H groups in total. The molecule has 8 nitrogen and oxygen atoms in total. The van der Waals surface area contributed by atoms with Crippen LogP contribution in [0.5, 0.6) is 0 Å². The summed E-state index contributed by atoms with van der Waals surface area (Å²) < 4.78 is 0. The zero-order valence-corrected chi connectivity index (χ0v) is 17.6. The summed E-state index contributed by atoms with van der Waals surface area (Å²) in [5.74, 6) is 1.88. The number of hydrogen-bond donors (Lipinski definition) is 1. The van der Waals surface area contributed by atoms with Crippen molar-refractivity contribution in [3.63, 3.8) is 0 Å². The topological polar surface area (TPSA) is 91.3 Å². The molecule has 0 aliphatic carbocycles. The van der Waals surface area contributed by atoms with Gasteiger partial charge in [-0.15, -0.1) is 0 Å². The quantitative estimate of drug-likeness (QED) is 0.829. The largest absolute Gasteiger partial charge is 0.373 e. The molecule has 2 aliphatic rings. The van der Waals surface area contributed by atoms with Crippen LogP contribution in [0.4, 0.5) is 5.82 Å².